The number of carbonyl (C=O) groups excluding carboxylic acids is 1. The van der Waals surface area contributed by atoms with Gasteiger partial charge in [-0.3, -0.25) is 9.69 Å². The average molecular weight is 391 g/mol. The van der Waals surface area contributed by atoms with Crippen molar-refractivity contribution in [2.75, 3.05) is 4.90 Å². The van der Waals surface area contributed by atoms with Gasteiger partial charge in [-0.15, -0.1) is 0 Å². The van der Waals surface area contributed by atoms with E-state index in [1.54, 1.807) is 12.1 Å². The number of benzene rings is 3. The summed E-state index contributed by atoms with van der Waals surface area (Å²) in [6, 6.07) is 23.9. The minimum atomic E-state index is -0.349. The lowest BCUT2D eigenvalue weighted by Crippen LogP contribution is -2.27. The van der Waals surface area contributed by atoms with Gasteiger partial charge in [-0.1, -0.05) is 78.6 Å². The highest BCUT2D eigenvalue weighted by Gasteiger charge is 2.33. The van der Waals surface area contributed by atoms with E-state index in [1.807, 2.05) is 48.5 Å². The number of carbonyl (C=O) groups is 1. The molecule has 132 valence electrons. The van der Waals surface area contributed by atoms with Crippen molar-refractivity contribution in [1.82, 2.24) is 0 Å². The van der Waals surface area contributed by atoms with Crippen molar-refractivity contribution in [3.8, 4) is 11.1 Å². The Labute approximate surface area is 166 Å². The third kappa shape index (κ3) is 3.70. The van der Waals surface area contributed by atoms with Crippen molar-refractivity contribution in [1.29, 1.82) is 0 Å². The van der Waals surface area contributed by atoms with Crippen LogP contribution in [-0.2, 0) is 4.79 Å². The fourth-order valence-corrected chi connectivity index (χ4v) is 4.13. The zero-order valence-electron chi connectivity index (χ0n) is 14.1. The molecule has 1 aliphatic heterocycles. The highest BCUT2D eigenvalue weighted by molar-refractivity contribution is 8.27. The van der Waals surface area contributed by atoms with E-state index in [-0.39, 0.29) is 11.7 Å². The number of rotatable bonds is 3. The third-order valence-corrected chi connectivity index (χ3v) is 5.50. The van der Waals surface area contributed by atoms with Crippen LogP contribution < -0.4 is 4.90 Å². The Morgan fingerprint density at radius 1 is 0.852 bits per heavy atom. The minimum Gasteiger partial charge on any atom is -0.268 e. The van der Waals surface area contributed by atoms with Gasteiger partial charge in [-0.25, -0.2) is 4.39 Å². The molecular weight excluding hydrogens is 377 g/mol. The largest absolute Gasteiger partial charge is 0.270 e. The highest BCUT2D eigenvalue weighted by Crippen LogP contribution is 2.36. The van der Waals surface area contributed by atoms with E-state index < -0.39 is 0 Å². The molecule has 1 aliphatic rings. The monoisotopic (exact) mass is 391 g/mol. The predicted molar refractivity (Wildman–Crippen MR) is 114 cm³/mol. The molecular formula is C22H14FNOS2. The Morgan fingerprint density at radius 3 is 2.15 bits per heavy atom. The van der Waals surface area contributed by atoms with Crippen molar-refractivity contribution in [2.45, 2.75) is 0 Å². The van der Waals surface area contributed by atoms with Gasteiger partial charge in [0.2, 0.25) is 0 Å². The first kappa shape index (κ1) is 17.6. The van der Waals surface area contributed by atoms with Gasteiger partial charge in [0.05, 0.1) is 10.6 Å². The van der Waals surface area contributed by atoms with Crippen LogP contribution in [0.15, 0.2) is 83.8 Å². The van der Waals surface area contributed by atoms with Crippen molar-refractivity contribution in [3.05, 3.63) is 95.1 Å². The number of hydrogen-bond donors (Lipinski definition) is 0. The fraction of sp³-hybridized carbons (Fsp3) is 0. The van der Waals surface area contributed by atoms with Crippen LogP contribution in [-0.4, -0.2) is 10.2 Å². The average Bonchev–Trinajstić information content (AvgIpc) is 2.97. The molecule has 0 N–H and O–H groups in total. The number of thiocarbonyl (C=S) groups is 1. The van der Waals surface area contributed by atoms with Crippen molar-refractivity contribution in [2.24, 2.45) is 0 Å². The Kier molecular flexibility index (Phi) is 4.88. The van der Waals surface area contributed by atoms with E-state index >= 15 is 0 Å². The van der Waals surface area contributed by atoms with E-state index in [4.69, 9.17) is 12.2 Å². The maximum atomic E-state index is 13.1. The van der Waals surface area contributed by atoms with E-state index in [1.165, 1.54) is 28.8 Å². The summed E-state index contributed by atoms with van der Waals surface area (Å²) in [6.45, 7) is 0. The van der Waals surface area contributed by atoms with Gasteiger partial charge in [0, 0.05) is 0 Å². The minimum absolute atomic E-state index is 0.191. The SMILES string of the molecule is O=C1/C(=C/c2ccc(-c3ccccc3)cc2)SC(=S)N1c1ccc(F)cc1. The molecule has 3 aromatic carbocycles. The molecule has 1 fully saturated rings. The van der Waals surface area contributed by atoms with Crippen LogP contribution in [0.1, 0.15) is 5.56 Å². The molecule has 0 aromatic heterocycles. The molecule has 5 heteroatoms. The molecule has 1 heterocycles. The molecule has 0 bridgehead atoms. The second-order valence-electron chi connectivity index (χ2n) is 5.98. The van der Waals surface area contributed by atoms with Gasteiger partial charge in [0.1, 0.15) is 5.82 Å². The maximum absolute atomic E-state index is 13.1. The molecule has 0 aliphatic carbocycles. The number of amides is 1. The topological polar surface area (TPSA) is 20.3 Å². The zero-order chi connectivity index (χ0) is 18.8. The van der Waals surface area contributed by atoms with Crippen LogP contribution in [0.5, 0.6) is 0 Å². The van der Waals surface area contributed by atoms with Gasteiger partial charge in [-0.05, 0) is 47.0 Å². The lowest BCUT2D eigenvalue weighted by molar-refractivity contribution is -0.113. The van der Waals surface area contributed by atoms with Crippen molar-refractivity contribution >= 4 is 46.0 Å². The Bertz CT molecular complexity index is 1030. The van der Waals surface area contributed by atoms with E-state index in [0.29, 0.717) is 14.9 Å². The normalized spacial score (nSPS) is 15.6. The molecule has 0 saturated carbocycles. The van der Waals surface area contributed by atoms with Crippen LogP contribution in [0.3, 0.4) is 0 Å². The number of thioether (sulfide) groups is 1. The second kappa shape index (κ2) is 7.47. The van der Waals surface area contributed by atoms with Crippen LogP contribution in [0.25, 0.3) is 17.2 Å². The van der Waals surface area contributed by atoms with Crippen molar-refractivity contribution in [3.63, 3.8) is 0 Å². The summed E-state index contributed by atoms with van der Waals surface area (Å²) in [6.07, 6.45) is 1.83. The van der Waals surface area contributed by atoms with Crippen molar-refractivity contribution < 1.29 is 9.18 Å². The van der Waals surface area contributed by atoms with Crippen LogP contribution in [0.4, 0.5) is 10.1 Å². The van der Waals surface area contributed by atoms with Crippen LogP contribution in [0.2, 0.25) is 0 Å². The van der Waals surface area contributed by atoms with Crippen LogP contribution >= 0.6 is 24.0 Å². The Morgan fingerprint density at radius 2 is 1.48 bits per heavy atom. The molecule has 1 amide bonds. The molecule has 3 aromatic rings. The van der Waals surface area contributed by atoms with E-state index in [9.17, 15) is 9.18 Å². The van der Waals surface area contributed by atoms with E-state index in [2.05, 4.69) is 12.1 Å². The molecule has 0 unspecified atom stereocenters. The van der Waals surface area contributed by atoms with Gasteiger partial charge in [0.15, 0.2) is 4.32 Å². The highest BCUT2D eigenvalue weighted by atomic mass is 32.2. The summed E-state index contributed by atoms with van der Waals surface area (Å²) in [7, 11) is 0. The third-order valence-electron chi connectivity index (χ3n) is 4.19. The summed E-state index contributed by atoms with van der Waals surface area (Å²) in [5, 5.41) is 0. The van der Waals surface area contributed by atoms with E-state index in [0.717, 1.165) is 16.7 Å². The molecule has 0 radical (unpaired) electrons. The summed E-state index contributed by atoms with van der Waals surface area (Å²) in [4.78, 5) is 14.7. The van der Waals surface area contributed by atoms with Gasteiger partial charge >= 0.3 is 0 Å². The second-order valence-corrected chi connectivity index (χ2v) is 7.66. The first-order chi connectivity index (χ1) is 13.1. The maximum Gasteiger partial charge on any atom is 0.270 e. The lowest BCUT2D eigenvalue weighted by atomic mass is 10.0. The first-order valence-electron chi connectivity index (χ1n) is 8.31. The van der Waals surface area contributed by atoms with Crippen LogP contribution in [0, 0.1) is 5.82 Å². The lowest BCUT2D eigenvalue weighted by Gasteiger charge is -2.14. The Hall–Kier alpha value is -2.76. The molecule has 1 saturated heterocycles. The quantitative estimate of drug-likeness (QED) is 0.410. The Balaban J connectivity index is 1.58. The van der Waals surface area contributed by atoms with Gasteiger partial charge in [0.25, 0.3) is 5.91 Å². The zero-order valence-corrected chi connectivity index (χ0v) is 15.8. The molecule has 0 atom stereocenters. The number of nitrogens with zero attached hydrogens (tertiary/aromatic N) is 1. The first-order valence-corrected chi connectivity index (χ1v) is 9.53. The standard InChI is InChI=1S/C22H14FNOS2/c23-18-10-12-19(13-11-18)24-21(25)20(27-22(24)26)14-15-6-8-17(9-7-15)16-4-2-1-3-5-16/h1-14H/b20-14-. The number of halogens is 1. The number of anilines is 1. The fourth-order valence-electron chi connectivity index (χ4n) is 2.83. The summed E-state index contributed by atoms with van der Waals surface area (Å²) in [5.74, 6) is -0.540. The molecule has 27 heavy (non-hydrogen) atoms. The number of hydrogen-bond acceptors (Lipinski definition) is 3. The summed E-state index contributed by atoms with van der Waals surface area (Å²) in [5.41, 5.74) is 3.76. The van der Waals surface area contributed by atoms with Gasteiger partial charge < -0.3 is 0 Å². The predicted octanol–water partition coefficient (Wildman–Crippen LogP) is 5.90. The molecule has 2 nitrogen and oxygen atoms in total. The smallest absolute Gasteiger partial charge is 0.268 e. The molecule has 0 spiro atoms. The van der Waals surface area contributed by atoms with Gasteiger partial charge in [-0.2, -0.15) is 0 Å². The molecule has 4 rings (SSSR count). The summed E-state index contributed by atoms with van der Waals surface area (Å²) < 4.78 is 13.6. The summed E-state index contributed by atoms with van der Waals surface area (Å²) >= 11 is 6.60.